The van der Waals surface area contributed by atoms with Crippen molar-refractivity contribution < 1.29 is 19.4 Å². The summed E-state index contributed by atoms with van der Waals surface area (Å²) in [5.74, 6) is -0.684. The van der Waals surface area contributed by atoms with Gasteiger partial charge in [0.05, 0.1) is 19.3 Å². The van der Waals surface area contributed by atoms with Crippen LogP contribution in [0, 0.1) is 0 Å². The molecule has 0 aromatic rings. The van der Waals surface area contributed by atoms with Crippen LogP contribution in [0.4, 0.5) is 0 Å². The van der Waals surface area contributed by atoms with Crippen molar-refractivity contribution in [1.29, 1.82) is 0 Å². The first-order valence-corrected chi connectivity index (χ1v) is 7.17. The Morgan fingerprint density at radius 3 is 2.38 bits per heavy atom. The molecule has 1 amide bonds. The van der Waals surface area contributed by atoms with E-state index < -0.39 is 24.2 Å². The summed E-state index contributed by atoms with van der Waals surface area (Å²) in [6.07, 6.45) is 2.09. The van der Waals surface area contributed by atoms with E-state index in [1.165, 1.54) is 7.11 Å². The summed E-state index contributed by atoms with van der Waals surface area (Å²) in [4.78, 5) is 22.7. The second-order valence-corrected chi connectivity index (χ2v) is 4.99. The molecule has 0 aliphatic rings. The van der Waals surface area contributed by atoms with Crippen LogP contribution in [0.5, 0.6) is 0 Å². The van der Waals surface area contributed by atoms with Gasteiger partial charge in [0.15, 0.2) is 0 Å². The molecule has 0 saturated heterocycles. The normalized spacial score (nSPS) is 15.1. The van der Waals surface area contributed by atoms with E-state index >= 15 is 0 Å². The number of nitrogens with one attached hydrogen (secondary N) is 1. The molecule has 0 saturated carbocycles. The lowest BCUT2D eigenvalue weighted by atomic mass is 10.1. The Labute approximate surface area is 125 Å². The number of nitrogens with two attached hydrogens (primary N) is 3. The predicted molar refractivity (Wildman–Crippen MR) is 79.1 cm³/mol. The zero-order valence-electron chi connectivity index (χ0n) is 12.6. The van der Waals surface area contributed by atoms with Crippen molar-refractivity contribution in [3.05, 3.63) is 0 Å². The number of amides is 1. The minimum Gasteiger partial charge on any atom is -0.468 e. The molecule has 0 bridgehead atoms. The third-order valence-corrected chi connectivity index (χ3v) is 3.16. The summed E-state index contributed by atoms with van der Waals surface area (Å²) in [6.45, 7) is 0.634. The van der Waals surface area contributed by atoms with Crippen LogP contribution < -0.4 is 22.5 Å². The molecule has 3 atom stereocenters. The molecule has 21 heavy (non-hydrogen) atoms. The molecule has 8 N–H and O–H groups in total. The summed E-state index contributed by atoms with van der Waals surface area (Å²) in [6, 6.07) is -1.27. The van der Waals surface area contributed by atoms with Gasteiger partial charge in [0.2, 0.25) is 5.91 Å². The summed E-state index contributed by atoms with van der Waals surface area (Å²) in [5.41, 5.74) is 16.5. The third-order valence-electron chi connectivity index (χ3n) is 3.16. The van der Waals surface area contributed by atoms with E-state index in [0.717, 1.165) is 0 Å². The number of hydrogen-bond donors (Lipinski definition) is 5. The second-order valence-electron chi connectivity index (χ2n) is 4.99. The Balaban J connectivity index is 3.67. The maximum atomic E-state index is 11.6. The molecule has 124 valence electrons. The van der Waals surface area contributed by atoms with Crippen LogP contribution in [0.25, 0.3) is 0 Å². The standard InChI is InChI=1S/C13H28N4O4/c1-21-13(20)11(16)4-2-3-7-17-12(19)10(15)6-5-9(18)8-14/h9-11,18H,2-8,14-16H2,1H3,(H,17,19)/t9?,10?,11-/m0/s1. The smallest absolute Gasteiger partial charge is 0.322 e. The van der Waals surface area contributed by atoms with E-state index in [9.17, 15) is 14.7 Å². The predicted octanol–water partition coefficient (Wildman–Crippen LogP) is -1.80. The van der Waals surface area contributed by atoms with Gasteiger partial charge in [-0.3, -0.25) is 9.59 Å². The number of rotatable bonds is 11. The Morgan fingerprint density at radius 2 is 1.81 bits per heavy atom. The molecule has 8 nitrogen and oxygen atoms in total. The number of carbonyl (C=O) groups excluding carboxylic acids is 2. The van der Waals surface area contributed by atoms with Gasteiger partial charge < -0.3 is 32.4 Å². The number of ether oxygens (including phenoxy) is 1. The van der Waals surface area contributed by atoms with Crippen LogP contribution >= 0.6 is 0 Å². The van der Waals surface area contributed by atoms with Crippen molar-refractivity contribution in [3.8, 4) is 0 Å². The maximum Gasteiger partial charge on any atom is 0.322 e. The van der Waals surface area contributed by atoms with Crippen LogP contribution in [0.2, 0.25) is 0 Å². The molecular weight excluding hydrogens is 276 g/mol. The first kappa shape index (κ1) is 19.8. The third kappa shape index (κ3) is 9.35. The molecule has 2 unspecified atom stereocenters. The monoisotopic (exact) mass is 304 g/mol. The van der Waals surface area contributed by atoms with Gasteiger partial charge in [0.25, 0.3) is 0 Å². The van der Waals surface area contributed by atoms with E-state index in [2.05, 4.69) is 10.1 Å². The van der Waals surface area contributed by atoms with Crippen LogP contribution in [0.3, 0.4) is 0 Å². The van der Waals surface area contributed by atoms with Gasteiger partial charge in [-0.25, -0.2) is 0 Å². The van der Waals surface area contributed by atoms with Gasteiger partial charge in [-0.2, -0.15) is 0 Å². The minimum absolute atomic E-state index is 0.161. The highest BCUT2D eigenvalue weighted by Crippen LogP contribution is 2.01. The number of carbonyl (C=O) groups is 2. The Morgan fingerprint density at radius 1 is 1.14 bits per heavy atom. The number of esters is 1. The Kier molecular flexibility index (Phi) is 10.8. The Hall–Kier alpha value is -1.22. The van der Waals surface area contributed by atoms with Crippen molar-refractivity contribution in [2.45, 2.75) is 50.3 Å². The van der Waals surface area contributed by atoms with Gasteiger partial charge in [-0.05, 0) is 32.1 Å². The fraction of sp³-hybridized carbons (Fsp3) is 0.846. The Bertz CT molecular complexity index is 315. The summed E-state index contributed by atoms with van der Waals surface area (Å²) < 4.78 is 4.51. The molecule has 0 aliphatic heterocycles. The average molecular weight is 304 g/mol. The summed E-state index contributed by atoms with van der Waals surface area (Å²) in [5, 5.41) is 12.0. The number of unbranched alkanes of at least 4 members (excludes halogenated alkanes) is 1. The average Bonchev–Trinajstić information content (AvgIpc) is 2.50. The molecule has 0 spiro atoms. The summed E-state index contributed by atoms with van der Waals surface area (Å²) >= 11 is 0. The SMILES string of the molecule is COC(=O)[C@@H](N)CCCCNC(=O)C(N)CCC(O)CN. The first-order valence-electron chi connectivity index (χ1n) is 7.17. The largest absolute Gasteiger partial charge is 0.468 e. The van der Waals surface area contributed by atoms with Gasteiger partial charge in [-0.15, -0.1) is 0 Å². The molecule has 0 fully saturated rings. The fourth-order valence-electron chi connectivity index (χ4n) is 1.72. The zero-order valence-corrected chi connectivity index (χ0v) is 12.6. The van der Waals surface area contributed by atoms with Crippen LogP contribution in [-0.2, 0) is 14.3 Å². The van der Waals surface area contributed by atoms with E-state index in [1.54, 1.807) is 0 Å². The maximum absolute atomic E-state index is 11.6. The second kappa shape index (κ2) is 11.4. The van der Waals surface area contributed by atoms with Crippen LogP contribution in [0.15, 0.2) is 0 Å². The van der Waals surface area contributed by atoms with Gasteiger partial charge in [0.1, 0.15) is 6.04 Å². The quantitative estimate of drug-likeness (QED) is 0.223. The minimum atomic E-state index is -0.650. The molecular formula is C13H28N4O4. The first-order chi connectivity index (χ1) is 9.92. The topological polar surface area (TPSA) is 154 Å². The van der Waals surface area contributed by atoms with E-state index in [0.29, 0.717) is 38.6 Å². The van der Waals surface area contributed by atoms with Crippen molar-refractivity contribution in [1.82, 2.24) is 5.32 Å². The van der Waals surface area contributed by atoms with Gasteiger partial charge in [0, 0.05) is 13.1 Å². The van der Waals surface area contributed by atoms with E-state index in [4.69, 9.17) is 17.2 Å². The molecule has 0 aliphatic carbocycles. The number of methoxy groups -OCH3 is 1. The highest BCUT2D eigenvalue weighted by atomic mass is 16.5. The lowest BCUT2D eigenvalue weighted by Gasteiger charge is -2.14. The van der Waals surface area contributed by atoms with Crippen LogP contribution in [-0.4, -0.2) is 55.4 Å². The molecule has 0 aromatic carbocycles. The van der Waals surface area contributed by atoms with Crippen molar-refractivity contribution in [2.75, 3.05) is 20.2 Å². The molecule has 0 aromatic heterocycles. The van der Waals surface area contributed by atoms with Crippen LogP contribution in [0.1, 0.15) is 32.1 Å². The number of hydrogen-bond acceptors (Lipinski definition) is 7. The van der Waals surface area contributed by atoms with Gasteiger partial charge in [-0.1, -0.05) is 0 Å². The van der Waals surface area contributed by atoms with Crippen molar-refractivity contribution >= 4 is 11.9 Å². The molecule has 0 heterocycles. The highest BCUT2D eigenvalue weighted by Gasteiger charge is 2.15. The highest BCUT2D eigenvalue weighted by molar-refractivity contribution is 5.81. The number of aliphatic hydroxyl groups is 1. The van der Waals surface area contributed by atoms with E-state index in [-0.39, 0.29) is 12.5 Å². The van der Waals surface area contributed by atoms with E-state index in [1.807, 2.05) is 0 Å². The fourth-order valence-corrected chi connectivity index (χ4v) is 1.72. The van der Waals surface area contributed by atoms with Crippen molar-refractivity contribution in [2.24, 2.45) is 17.2 Å². The summed E-state index contributed by atoms with van der Waals surface area (Å²) in [7, 11) is 1.30. The molecule has 8 heteroatoms. The van der Waals surface area contributed by atoms with Crippen molar-refractivity contribution in [3.63, 3.8) is 0 Å². The lowest BCUT2D eigenvalue weighted by molar-refractivity contribution is -0.142. The zero-order chi connectivity index (χ0) is 16.3. The number of aliphatic hydroxyl groups excluding tert-OH is 1. The lowest BCUT2D eigenvalue weighted by Crippen LogP contribution is -2.41. The molecule has 0 rings (SSSR count). The van der Waals surface area contributed by atoms with Gasteiger partial charge >= 0.3 is 5.97 Å². The molecule has 0 radical (unpaired) electrons.